The van der Waals surface area contributed by atoms with Gasteiger partial charge in [-0.2, -0.15) is 18.2 Å². The fourth-order valence-electron chi connectivity index (χ4n) is 1.71. The molecule has 1 aliphatic rings. The predicted octanol–water partition coefficient (Wildman–Crippen LogP) is 2.34. The van der Waals surface area contributed by atoms with E-state index in [4.69, 9.17) is 4.74 Å². The van der Waals surface area contributed by atoms with Crippen molar-refractivity contribution in [1.82, 2.24) is 0 Å². The number of alkyl halides is 3. The summed E-state index contributed by atoms with van der Waals surface area (Å²) >= 11 is 0. The summed E-state index contributed by atoms with van der Waals surface area (Å²) < 4.78 is 42.6. The standard InChI is InChI=1S/C11H8F3NO2/c12-11(13,14)8-1-2-10-7(3-8)4-9(5-17-10)15-6-16/h1-3,9H,4-5H2. The zero-order chi connectivity index (χ0) is 12.5. The van der Waals surface area contributed by atoms with Crippen LogP contribution in [-0.2, 0) is 17.4 Å². The summed E-state index contributed by atoms with van der Waals surface area (Å²) in [6.07, 6.45) is -2.73. The lowest BCUT2D eigenvalue weighted by Gasteiger charge is -2.22. The summed E-state index contributed by atoms with van der Waals surface area (Å²) in [6.45, 7) is 0.188. The number of hydrogen-bond donors (Lipinski definition) is 0. The molecule has 0 fully saturated rings. The van der Waals surface area contributed by atoms with Gasteiger partial charge in [0.1, 0.15) is 18.4 Å². The number of benzene rings is 1. The fraction of sp³-hybridized carbons (Fsp3) is 0.364. The van der Waals surface area contributed by atoms with Gasteiger partial charge in [-0.05, 0) is 23.8 Å². The van der Waals surface area contributed by atoms with Crippen LogP contribution in [0.15, 0.2) is 23.2 Å². The van der Waals surface area contributed by atoms with E-state index in [1.807, 2.05) is 0 Å². The summed E-state index contributed by atoms with van der Waals surface area (Å²) in [6, 6.07) is 2.84. The molecule has 1 aromatic rings. The smallest absolute Gasteiger partial charge is 0.416 e. The van der Waals surface area contributed by atoms with E-state index in [1.54, 1.807) is 0 Å². The van der Waals surface area contributed by atoms with E-state index < -0.39 is 17.8 Å². The molecule has 3 nitrogen and oxygen atoms in total. The summed E-state index contributed by atoms with van der Waals surface area (Å²) in [4.78, 5) is 13.5. The molecule has 90 valence electrons. The van der Waals surface area contributed by atoms with Gasteiger partial charge < -0.3 is 4.74 Å². The lowest BCUT2D eigenvalue weighted by atomic mass is 10.0. The molecule has 0 N–H and O–H groups in total. The number of isocyanates is 1. The van der Waals surface area contributed by atoms with E-state index in [-0.39, 0.29) is 13.0 Å². The Morgan fingerprint density at radius 2 is 2.18 bits per heavy atom. The summed E-state index contributed by atoms with van der Waals surface area (Å²) in [5.41, 5.74) is -0.314. The highest BCUT2D eigenvalue weighted by molar-refractivity contribution is 5.41. The first kappa shape index (κ1) is 11.7. The van der Waals surface area contributed by atoms with E-state index in [0.29, 0.717) is 11.3 Å². The lowest BCUT2D eigenvalue weighted by Crippen LogP contribution is -2.24. The third-order valence-corrected chi connectivity index (χ3v) is 2.51. The molecule has 1 atom stereocenters. The van der Waals surface area contributed by atoms with Gasteiger partial charge in [-0.15, -0.1) is 0 Å². The van der Waals surface area contributed by atoms with Crippen LogP contribution < -0.4 is 4.74 Å². The number of halogens is 3. The van der Waals surface area contributed by atoms with E-state index in [2.05, 4.69) is 4.99 Å². The van der Waals surface area contributed by atoms with Crippen molar-refractivity contribution in [3.63, 3.8) is 0 Å². The highest BCUT2D eigenvalue weighted by Crippen LogP contribution is 2.34. The first-order valence-electron chi connectivity index (χ1n) is 4.90. The molecular formula is C11H8F3NO2. The zero-order valence-electron chi connectivity index (χ0n) is 8.62. The zero-order valence-corrected chi connectivity index (χ0v) is 8.62. The number of fused-ring (bicyclic) bond motifs is 1. The molecule has 2 rings (SSSR count). The van der Waals surface area contributed by atoms with Crippen molar-refractivity contribution in [2.45, 2.75) is 18.6 Å². The Labute approximate surface area is 94.9 Å². The van der Waals surface area contributed by atoms with Crippen molar-refractivity contribution in [3.05, 3.63) is 29.3 Å². The number of rotatable bonds is 1. The average Bonchev–Trinajstić information content (AvgIpc) is 2.27. The number of ether oxygens (including phenoxy) is 1. The van der Waals surface area contributed by atoms with Crippen molar-refractivity contribution in [3.8, 4) is 5.75 Å². The summed E-state index contributed by atoms with van der Waals surface area (Å²) in [7, 11) is 0. The minimum atomic E-state index is -4.38. The Morgan fingerprint density at radius 3 is 2.82 bits per heavy atom. The summed E-state index contributed by atoms with van der Waals surface area (Å²) in [5, 5.41) is 0. The Balaban J connectivity index is 2.32. The monoisotopic (exact) mass is 243 g/mol. The maximum atomic E-state index is 12.5. The van der Waals surface area contributed by atoms with E-state index in [0.717, 1.165) is 12.1 Å². The molecule has 0 spiro atoms. The minimum Gasteiger partial charge on any atom is -0.491 e. The Bertz CT molecular complexity index is 478. The van der Waals surface area contributed by atoms with Gasteiger partial charge in [0.05, 0.1) is 5.56 Å². The van der Waals surface area contributed by atoms with Gasteiger partial charge in [-0.25, -0.2) is 4.79 Å². The molecule has 0 saturated carbocycles. The molecular weight excluding hydrogens is 235 g/mol. The van der Waals surface area contributed by atoms with Crippen molar-refractivity contribution < 1.29 is 22.7 Å². The molecule has 0 aromatic heterocycles. The van der Waals surface area contributed by atoms with Gasteiger partial charge in [0.15, 0.2) is 0 Å². The third kappa shape index (κ3) is 2.47. The van der Waals surface area contributed by atoms with Crippen LogP contribution in [0.1, 0.15) is 11.1 Å². The average molecular weight is 243 g/mol. The van der Waals surface area contributed by atoms with Crippen molar-refractivity contribution in [2.24, 2.45) is 4.99 Å². The first-order valence-corrected chi connectivity index (χ1v) is 4.90. The molecule has 6 heteroatoms. The second kappa shape index (κ2) is 4.22. The van der Waals surface area contributed by atoms with E-state index >= 15 is 0 Å². The quantitative estimate of drug-likeness (QED) is 0.561. The highest BCUT2D eigenvalue weighted by Gasteiger charge is 2.32. The van der Waals surface area contributed by atoms with Gasteiger partial charge in [0, 0.05) is 6.42 Å². The van der Waals surface area contributed by atoms with Gasteiger partial charge in [-0.3, -0.25) is 0 Å². The van der Waals surface area contributed by atoms with Crippen LogP contribution in [0.2, 0.25) is 0 Å². The minimum absolute atomic E-state index is 0.188. The SMILES string of the molecule is O=C=NC1COc2ccc(C(F)(F)F)cc2C1. The summed E-state index contributed by atoms with van der Waals surface area (Å²) in [5.74, 6) is 0.412. The van der Waals surface area contributed by atoms with Crippen LogP contribution in [0.5, 0.6) is 5.75 Å². The number of aliphatic imine (C=N–C) groups is 1. The second-order valence-corrected chi connectivity index (χ2v) is 3.71. The number of hydrogen-bond acceptors (Lipinski definition) is 3. The lowest BCUT2D eigenvalue weighted by molar-refractivity contribution is -0.137. The normalized spacial score (nSPS) is 18.9. The molecule has 0 aliphatic carbocycles. The van der Waals surface area contributed by atoms with Gasteiger partial charge in [0.2, 0.25) is 6.08 Å². The van der Waals surface area contributed by atoms with E-state index in [1.165, 1.54) is 12.1 Å². The van der Waals surface area contributed by atoms with Crippen LogP contribution in [0.3, 0.4) is 0 Å². The molecule has 1 aromatic carbocycles. The van der Waals surface area contributed by atoms with Crippen molar-refractivity contribution in [2.75, 3.05) is 6.61 Å². The fourth-order valence-corrected chi connectivity index (χ4v) is 1.71. The molecule has 1 unspecified atom stereocenters. The van der Waals surface area contributed by atoms with Crippen molar-refractivity contribution in [1.29, 1.82) is 0 Å². The molecule has 0 radical (unpaired) electrons. The maximum absolute atomic E-state index is 12.5. The number of carbonyl (C=O) groups excluding carboxylic acids is 1. The Kier molecular flexibility index (Phi) is 2.90. The van der Waals surface area contributed by atoms with Gasteiger partial charge in [0.25, 0.3) is 0 Å². The van der Waals surface area contributed by atoms with Crippen LogP contribution in [0.25, 0.3) is 0 Å². The number of nitrogens with zero attached hydrogens (tertiary/aromatic N) is 1. The molecule has 0 bridgehead atoms. The van der Waals surface area contributed by atoms with E-state index in [9.17, 15) is 18.0 Å². The Morgan fingerprint density at radius 1 is 1.41 bits per heavy atom. The van der Waals surface area contributed by atoms with Gasteiger partial charge >= 0.3 is 6.18 Å². The first-order chi connectivity index (χ1) is 8.00. The van der Waals surface area contributed by atoms with Crippen LogP contribution in [-0.4, -0.2) is 18.7 Å². The third-order valence-electron chi connectivity index (χ3n) is 2.51. The molecule has 0 amide bonds. The largest absolute Gasteiger partial charge is 0.491 e. The predicted molar refractivity (Wildman–Crippen MR) is 52.6 cm³/mol. The van der Waals surface area contributed by atoms with Crippen LogP contribution >= 0.6 is 0 Å². The molecule has 17 heavy (non-hydrogen) atoms. The van der Waals surface area contributed by atoms with Crippen LogP contribution in [0.4, 0.5) is 13.2 Å². The van der Waals surface area contributed by atoms with Crippen LogP contribution in [0, 0.1) is 0 Å². The van der Waals surface area contributed by atoms with Crippen molar-refractivity contribution >= 4 is 6.08 Å². The molecule has 0 saturated heterocycles. The second-order valence-electron chi connectivity index (χ2n) is 3.71. The maximum Gasteiger partial charge on any atom is 0.416 e. The highest BCUT2D eigenvalue weighted by atomic mass is 19.4. The topological polar surface area (TPSA) is 38.7 Å². The molecule has 1 heterocycles. The Hall–Kier alpha value is -1.81. The molecule has 1 aliphatic heterocycles. The van der Waals surface area contributed by atoms with Gasteiger partial charge in [-0.1, -0.05) is 0 Å².